The van der Waals surface area contributed by atoms with Crippen LogP contribution < -0.4 is 10.0 Å². The number of amides is 2. The minimum Gasteiger partial charge on any atom is -0.339 e. The molecule has 0 bridgehead atoms. The number of aryl methyl sites for hydroxylation is 1. The summed E-state index contributed by atoms with van der Waals surface area (Å²) in [6.07, 6.45) is 1.93. The van der Waals surface area contributed by atoms with Crippen LogP contribution in [0.3, 0.4) is 0 Å². The molecule has 0 aliphatic carbocycles. The summed E-state index contributed by atoms with van der Waals surface area (Å²) >= 11 is 0. The summed E-state index contributed by atoms with van der Waals surface area (Å²) in [5, 5.41) is 2.78. The molecule has 7 nitrogen and oxygen atoms in total. The van der Waals surface area contributed by atoms with Crippen LogP contribution in [0.2, 0.25) is 0 Å². The van der Waals surface area contributed by atoms with Crippen molar-refractivity contribution in [3.05, 3.63) is 89.5 Å². The Morgan fingerprint density at radius 1 is 0.788 bits per heavy atom. The molecular formula is C25H25N3O4S. The molecule has 0 unspecified atom stereocenters. The number of sulfonamides is 1. The fraction of sp³-hybridized carbons (Fsp3) is 0.200. The quantitative estimate of drug-likeness (QED) is 0.570. The zero-order valence-electron chi connectivity index (χ0n) is 18.2. The van der Waals surface area contributed by atoms with Gasteiger partial charge in [0.2, 0.25) is 0 Å². The minimum absolute atomic E-state index is 0.102. The molecule has 1 saturated heterocycles. The lowest BCUT2D eigenvalue weighted by molar-refractivity contribution is 0.0794. The fourth-order valence-electron chi connectivity index (χ4n) is 3.75. The lowest BCUT2D eigenvalue weighted by Crippen LogP contribution is -2.29. The van der Waals surface area contributed by atoms with E-state index in [9.17, 15) is 18.0 Å². The molecule has 3 aromatic carbocycles. The van der Waals surface area contributed by atoms with E-state index in [4.69, 9.17) is 0 Å². The Balaban J connectivity index is 1.59. The van der Waals surface area contributed by atoms with Crippen molar-refractivity contribution in [2.45, 2.75) is 24.7 Å². The highest BCUT2D eigenvalue weighted by atomic mass is 32.2. The summed E-state index contributed by atoms with van der Waals surface area (Å²) < 4.78 is 28.2. The minimum atomic E-state index is -3.88. The Hall–Kier alpha value is -3.65. The number of hydrogen-bond donors (Lipinski definition) is 2. The Kier molecular flexibility index (Phi) is 6.46. The third-order valence-electron chi connectivity index (χ3n) is 5.55. The van der Waals surface area contributed by atoms with E-state index in [1.54, 1.807) is 53.4 Å². The normalized spacial score (nSPS) is 13.5. The maximum absolute atomic E-state index is 13.1. The standard InChI is InChI=1S/C25H25N3O4S/c1-18-12-14-19(15-13-18)33(31,32)27-23-11-5-2-8-20(23)24(29)26-22-10-4-3-9-21(22)25(30)28-16-6-7-17-28/h2-5,8-15,27H,6-7,16-17H2,1H3,(H,26,29). The van der Waals surface area contributed by atoms with E-state index in [2.05, 4.69) is 10.0 Å². The van der Waals surface area contributed by atoms with E-state index in [0.29, 0.717) is 24.3 Å². The summed E-state index contributed by atoms with van der Waals surface area (Å²) in [4.78, 5) is 27.9. The molecule has 0 saturated carbocycles. The van der Waals surface area contributed by atoms with Crippen LogP contribution >= 0.6 is 0 Å². The van der Waals surface area contributed by atoms with Gasteiger partial charge in [0.05, 0.1) is 27.4 Å². The average molecular weight is 464 g/mol. The predicted octanol–water partition coefficient (Wildman–Crippen LogP) is 4.28. The Bertz CT molecular complexity index is 1280. The molecule has 33 heavy (non-hydrogen) atoms. The number of hydrogen-bond acceptors (Lipinski definition) is 4. The van der Waals surface area contributed by atoms with Crippen molar-refractivity contribution in [2.24, 2.45) is 0 Å². The number of benzene rings is 3. The van der Waals surface area contributed by atoms with Crippen LogP contribution in [0.15, 0.2) is 77.7 Å². The molecule has 3 aromatic rings. The molecule has 0 spiro atoms. The van der Waals surface area contributed by atoms with E-state index < -0.39 is 15.9 Å². The molecule has 1 aliphatic heterocycles. The maximum Gasteiger partial charge on any atom is 0.261 e. The number of anilines is 2. The van der Waals surface area contributed by atoms with Crippen LogP contribution in [0, 0.1) is 6.92 Å². The monoisotopic (exact) mass is 463 g/mol. The highest BCUT2D eigenvalue weighted by molar-refractivity contribution is 7.92. The number of carbonyl (C=O) groups excluding carboxylic acids is 2. The van der Waals surface area contributed by atoms with Crippen LogP contribution in [-0.4, -0.2) is 38.2 Å². The first-order valence-corrected chi connectivity index (χ1v) is 12.2. The molecule has 0 atom stereocenters. The van der Waals surface area contributed by atoms with Crippen molar-refractivity contribution in [3.63, 3.8) is 0 Å². The van der Waals surface area contributed by atoms with E-state index >= 15 is 0 Å². The Morgan fingerprint density at radius 3 is 2.03 bits per heavy atom. The Labute approximate surface area is 193 Å². The second-order valence-electron chi connectivity index (χ2n) is 7.96. The van der Waals surface area contributed by atoms with Gasteiger partial charge in [-0.15, -0.1) is 0 Å². The number of nitrogens with zero attached hydrogens (tertiary/aromatic N) is 1. The van der Waals surface area contributed by atoms with Crippen LogP contribution in [0.1, 0.15) is 39.1 Å². The fourth-order valence-corrected chi connectivity index (χ4v) is 4.83. The highest BCUT2D eigenvalue weighted by Gasteiger charge is 2.23. The van der Waals surface area contributed by atoms with Gasteiger partial charge in [-0.05, 0) is 56.2 Å². The molecule has 2 N–H and O–H groups in total. The topological polar surface area (TPSA) is 95.6 Å². The van der Waals surface area contributed by atoms with Crippen molar-refractivity contribution in [3.8, 4) is 0 Å². The summed E-state index contributed by atoms with van der Waals surface area (Å²) in [5.41, 5.74) is 2.03. The third kappa shape index (κ3) is 5.06. The van der Waals surface area contributed by atoms with Gasteiger partial charge in [-0.2, -0.15) is 0 Å². The van der Waals surface area contributed by atoms with Gasteiger partial charge in [0.15, 0.2) is 0 Å². The van der Waals surface area contributed by atoms with Crippen molar-refractivity contribution >= 4 is 33.2 Å². The molecule has 1 heterocycles. The first-order valence-electron chi connectivity index (χ1n) is 10.7. The van der Waals surface area contributed by atoms with Crippen molar-refractivity contribution in [2.75, 3.05) is 23.1 Å². The molecule has 2 amide bonds. The van der Waals surface area contributed by atoms with Crippen molar-refractivity contribution in [1.82, 2.24) is 4.90 Å². The lowest BCUT2D eigenvalue weighted by atomic mass is 10.1. The van der Waals surface area contributed by atoms with Gasteiger partial charge in [-0.25, -0.2) is 8.42 Å². The van der Waals surface area contributed by atoms with Crippen LogP contribution in [0.25, 0.3) is 0 Å². The predicted molar refractivity (Wildman–Crippen MR) is 128 cm³/mol. The van der Waals surface area contributed by atoms with Crippen molar-refractivity contribution < 1.29 is 18.0 Å². The first kappa shape index (κ1) is 22.5. The summed E-state index contributed by atoms with van der Waals surface area (Å²) in [5.74, 6) is -0.643. The van der Waals surface area contributed by atoms with Gasteiger partial charge < -0.3 is 10.2 Å². The summed E-state index contributed by atoms with van der Waals surface area (Å²) in [6.45, 7) is 3.27. The smallest absolute Gasteiger partial charge is 0.261 e. The molecule has 0 aromatic heterocycles. The summed E-state index contributed by atoms with van der Waals surface area (Å²) in [6, 6.07) is 19.7. The number of nitrogens with one attached hydrogen (secondary N) is 2. The molecular weight excluding hydrogens is 438 g/mol. The van der Waals surface area contributed by atoms with Gasteiger partial charge in [0, 0.05) is 13.1 Å². The van der Waals surface area contributed by atoms with Gasteiger partial charge in [-0.3, -0.25) is 14.3 Å². The lowest BCUT2D eigenvalue weighted by Gasteiger charge is -2.18. The molecule has 8 heteroatoms. The van der Waals surface area contributed by atoms with Gasteiger partial charge in [0.1, 0.15) is 0 Å². The van der Waals surface area contributed by atoms with Gasteiger partial charge in [0.25, 0.3) is 21.8 Å². The van der Waals surface area contributed by atoms with Gasteiger partial charge in [-0.1, -0.05) is 42.0 Å². The number of carbonyl (C=O) groups is 2. The van der Waals surface area contributed by atoms with E-state index in [-0.39, 0.29) is 22.1 Å². The molecule has 1 aliphatic rings. The average Bonchev–Trinajstić information content (AvgIpc) is 3.34. The van der Waals surface area contributed by atoms with E-state index in [0.717, 1.165) is 18.4 Å². The molecule has 170 valence electrons. The zero-order chi connectivity index (χ0) is 23.4. The first-order chi connectivity index (χ1) is 15.8. The van der Waals surface area contributed by atoms with Crippen LogP contribution in [-0.2, 0) is 10.0 Å². The van der Waals surface area contributed by atoms with Crippen LogP contribution in [0.4, 0.5) is 11.4 Å². The van der Waals surface area contributed by atoms with E-state index in [1.165, 1.54) is 24.3 Å². The SMILES string of the molecule is Cc1ccc(S(=O)(=O)Nc2ccccc2C(=O)Nc2ccccc2C(=O)N2CCCC2)cc1. The second-order valence-corrected chi connectivity index (χ2v) is 9.65. The van der Waals surface area contributed by atoms with Crippen molar-refractivity contribution in [1.29, 1.82) is 0 Å². The third-order valence-corrected chi connectivity index (χ3v) is 6.93. The number of rotatable bonds is 6. The number of para-hydroxylation sites is 2. The zero-order valence-corrected chi connectivity index (χ0v) is 19.1. The maximum atomic E-state index is 13.1. The Morgan fingerprint density at radius 2 is 1.36 bits per heavy atom. The highest BCUT2D eigenvalue weighted by Crippen LogP contribution is 2.24. The van der Waals surface area contributed by atoms with E-state index in [1.807, 2.05) is 6.92 Å². The largest absolute Gasteiger partial charge is 0.339 e. The second kappa shape index (κ2) is 9.46. The molecule has 1 fully saturated rings. The molecule has 0 radical (unpaired) electrons. The van der Waals surface area contributed by atoms with Crippen LogP contribution in [0.5, 0.6) is 0 Å². The van der Waals surface area contributed by atoms with Gasteiger partial charge >= 0.3 is 0 Å². The molecule has 4 rings (SSSR count). The number of likely N-dealkylation sites (tertiary alicyclic amines) is 1. The summed E-state index contributed by atoms with van der Waals surface area (Å²) in [7, 11) is -3.88.